The molecule has 0 radical (unpaired) electrons. The van der Waals surface area contributed by atoms with Crippen molar-refractivity contribution in [1.82, 2.24) is 0 Å². The summed E-state index contributed by atoms with van der Waals surface area (Å²) in [5, 5.41) is 10.4. The van der Waals surface area contributed by atoms with E-state index < -0.39 is 17.2 Å². The van der Waals surface area contributed by atoms with Crippen molar-refractivity contribution in [1.29, 1.82) is 0 Å². The Bertz CT molecular complexity index is 382. The minimum atomic E-state index is -0.971. The summed E-state index contributed by atoms with van der Waals surface area (Å²) < 4.78 is 25.9. The van der Waals surface area contributed by atoms with Crippen LogP contribution in [0.2, 0.25) is 0 Å². The molecule has 0 aliphatic heterocycles. The number of halogens is 2. The molecule has 0 aromatic heterocycles. The van der Waals surface area contributed by atoms with Gasteiger partial charge in [0.1, 0.15) is 0 Å². The molecule has 0 bridgehead atoms. The van der Waals surface area contributed by atoms with Gasteiger partial charge in [0.2, 0.25) is 0 Å². The quantitative estimate of drug-likeness (QED) is 0.778. The van der Waals surface area contributed by atoms with Gasteiger partial charge < -0.3 is 5.11 Å². The largest absolute Gasteiger partial charge is 0.385 e. The van der Waals surface area contributed by atoms with Gasteiger partial charge >= 0.3 is 0 Å². The molecule has 1 aliphatic rings. The number of benzene rings is 1. The topological polar surface area (TPSA) is 20.2 Å². The average molecular weight is 226 g/mol. The molecule has 16 heavy (non-hydrogen) atoms. The van der Waals surface area contributed by atoms with Gasteiger partial charge in [-0.15, -0.1) is 0 Å². The second kappa shape index (κ2) is 4.13. The fraction of sp³-hybridized carbons (Fsp3) is 0.538. The van der Waals surface area contributed by atoms with E-state index in [0.717, 1.165) is 25.0 Å². The lowest BCUT2D eigenvalue weighted by molar-refractivity contribution is -0.0123. The molecule has 0 spiro atoms. The molecule has 1 aromatic carbocycles. The van der Waals surface area contributed by atoms with Crippen molar-refractivity contribution in [2.75, 3.05) is 0 Å². The van der Waals surface area contributed by atoms with E-state index >= 15 is 0 Å². The van der Waals surface area contributed by atoms with Gasteiger partial charge in [-0.1, -0.05) is 13.0 Å². The zero-order valence-corrected chi connectivity index (χ0v) is 9.34. The third-order valence-corrected chi connectivity index (χ3v) is 3.56. The molecule has 3 heteroatoms. The molecular weight excluding hydrogens is 210 g/mol. The van der Waals surface area contributed by atoms with Crippen LogP contribution in [0.1, 0.15) is 38.2 Å². The van der Waals surface area contributed by atoms with Gasteiger partial charge in [0.05, 0.1) is 5.60 Å². The maximum absolute atomic E-state index is 13.1. The molecule has 0 heterocycles. The van der Waals surface area contributed by atoms with Crippen LogP contribution in [0.25, 0.3) is 0 Å². The molecule has 0 atom stereocenters. The first kappa shape index (κ1) is 11.5. The van der Waals surface area contributed by atoms with Gasteiger partial charge in [0, 0.05) is 0 Å². The van der Waals surface area contributed by atoms with Crippen molar-refractivity contribution in [3.63, 3.8) is 0 Å². The zero-order valence-electron chi connectivity index (χ0n) is 9.34. The molecular formula is C13H16F2O. The highest BCUT2D eigenvalue weighted by molar-refractivity contribution is 5.24. The highest BCUT2D eigenvalue weighted by Gasteiger charge is 2.33. The van der Waals surface area contributed by atoms with Crippen molar-refractivity contribution >= 4 is 0 Å². The maximum Gasteiger partial charge on any atom is 0.159 e. The Hall–Kier alpha value is -0.960. The minimum Gasteiger partial charge on any atom is -0.385 e. The minimum absolute atomic E-state index is 0.498. The van der Waals surface area contributed by atoms with Gasteiger partial charge in [-0.3, -0.25) is 0 Å². The Morgan fingerprint density at radius 2 is 1.81 bits per heavy atom. The Morgan fingerprint density at radius 1 is 1.19 bits per heavy atom. The molecule has 1 nitrogen and oxygen atoms in total. The lowest BCUT2D eigenvalue weighted by Crippen LogP contribution is -2.31. The third-order valence-electron chi connectivity index (χ3n) is 3.56. The monoisotopic (exact) mass is 226 g/mol. The van der Waals surface area contributed by atoms with Crippen LogP contribution < -0.4 is 0 Å². The van der Waals surface area contributed by atoms with E-state index in [1.54, 1.807) is 0 Å². The lowest BCUT2D eigenvalue weighted by atomic mass is 9.76. The molecule has 88 valence electrons. The molecule has 1 N–H and O–H groups in total. The van der Waals surface area contributed by atoms with Crippen LogP contribution in [-0.2, 0) is 5.60 Å². The predicted octanol–water partition coefficient (Wildman–Crippen LogP) is 3.36. The van der Waals surface area contributed by atoms with Gasteiger partial charge in [0.15, 0.2) is 11.6 Å². The summed E-state index contributed by atoms with van der Waals surface area (Å²) in [6.07, 6.45) is 3.10. The Kier molecular flexibility index (Phi) is 2.98. The second-order valence-electron chi connectivity index (χ2n) is 4.84. The first-order valence-corrected chi connectivity index (χ1v) is 5.69. The second-order valence-corrected chi connectivity index (χ2v) is 4.84. The normalized spacial score (nSPS) is 30.4. The third kappa shape index (κ3) is 2.09. The van der Waals surface area contributed by atoms with Crippen LogP contribution in [0.4, 0.5) is 8.78 Å². The first-order valence-electron chi connectivity index (χ1n) is 5.69. The van der Waals surface area contributed by atoms with E-state index in [1.165, 1.54) is 6.07 Å². The zero-order chi connectivity index (χ0) is 11.8. The number of hydrogen-bond donors (Lipinski definition) is 1. The molecule has 1 fully saturated rings. The maximum atomic E-state index is 13.1. The van der Waals surface area contributed by atoms with Gasteiger partial charge in [0.25, 0.3) is 0 Å². The van der Waals surface area contributed by atoms with E-state index in [0.29, 0.717) is 24.3 Å². The molecule has 0 unspecified atom stereocenters. The smallest absolute Gasteiger partial charge is 0.159 e. The van der Waals surface area contributed by atoms with Crippen LogP contribution >= 0.6 is 0 Å². The van der Waals surface area contributed by atoms with Crippen LogP contribution in [0, 0.1) is 17.6 Å². The summed E-state index contributed by atoms with van der Waals surface area (Å²) in [5.74, 6) is -1.15. The summed E-state index contributed by atoms with van der Waals surface area (Å²) in [6, 6.07) is 3.68. The van der Waals surface area contributed by atoms with E-state index in [9.17, 15) is 13.9 Å². The van der Waals surface area contributed by atoms with Gasteiger partial charge in [-0.2, -0.15) is 0 Å². The lowest BCUT2D eigenvalue weighted by Gasteiger charge is -2.35. The van der Waals surface area contributed by atoms with E-state index in [4.69, 9.17) is 0 Å². The fourth-order valence-electron chi connectivity index (χ4n) is 2.31. The first-order chi connectivity index (χ1) is 7.51. The highest BCUT2D eigenvalue weighted by atomic mass is 19.2. The molecule has 2 rings (SSSR count). The van der Waals surface area contributed by atoms with Crippen LogP contribution in [0.5, 0.6) is 0 Å². The number of hydrogen-bond acceptors (Lipinski definition) is 1. The van der Waals surface area contributed by atoms with Crippen LogP contribution in [0.15, 0.2) is 18.2 Å². The van der Waals surface area contributed by atoms with Crippen molar-refractivity contribution in [3.05, 3.63) is 35.4 Å². The summed E-state index contributed by atoms with van der Waals surface area (Å²) in [7, 11) is 0. The van der Waals surface area contributed by atoms with Crippen LogP contribution in [-0.4, -0.2) is 5.11 Å². The Labute approximate surface area is 94.1 Å². The van der Waals surface area contributed by atoms with Gasteiger partial charge in [-0.05, 0) is 49.3 Å². The van der Waals surface area contributed by atoms with Crippen molar-refractivity contribution in [2.24, 2.45) is 5.92 Å². The Morgan fingerprint density at radius 3 is 2.38 bits per heavy atom. The standard InChI is InChI=1S/C13H16F2O/c1-9-4-6-13(16,7-5-9)10-2-3-11(14)12(15)8-10/h2-3,8-9,16H,4-7H2,1H3. The summed E-state index contributed by atoms with van der Waals surface area (Å²) >= 11 is 0. The van der Waals surface area contributed by atoms with E-state index in [-0.39, 0.29) is 0 Å². The molecule has 0 saturated heterocycles. The Balaban J connectivity index is 2.25. The van der Waals surface area contributed by atoms with Crippen molar-refractivity contribution in [3.8, 4) is 0 Å². The summed E-state index contributed by atoms with van der Waals surface area (Å²) in [6.45, 7) is 2.14. The van der Waals surface area contributed by atoms with Crippen molar-refractivity contribution < 1.29 is 13.9 Å². The number of aliphatic hydroxyl groups is 1. The van der Waals surface area contributed by atoms with E-state index in [2.05, 4.69) is 6.92 Å². The van der Waals surface area contributed by atoms with E-state index in [1.807, 2.05) is 0 Å². The number of rotatable bonds is 1. The summed E-state index contributed by atoms with van der Waals surface area (Å²) in [4.78, 5) is 0. The molecule has 0 amide bonds. The molecule has 1 saturated carbocycles. The summed E-state index contributed by atoms with van der Waals surface area (Å²) in [5.41, 5.74) is -0.473. The molecule has 1 aromatic rings. The van der Waals surface area contributed by atoms with Crippen LogP contribution in [0.3, 0.4) is 0 Å². The highest BCUT2D eigenvalue weighted by Crippen LogP contribution is 2.39. The molecule has 1 aliphatic carbocycles. The predicted molar refractivity (Wildman–Crippen MR) is 57.9 cm³/mol. The average Bonchev–Trinajstić information content (AvgIpc) is 2.26. The SMILES string of the molecule is CC1CCC(O)(c2ccc(F)c(F)c2)CC1. The van der Waals surface area contributed by atoms with Crippen molar-refractivity contribution in [2.45, 2.75) is 38.2 Å². The fourth-order valence-corrected chi connectivity index (χ4v) is 2.31. The van der Waals surface area contributed by atoms with Gasteiger partial charge in [-0.25, -0.2) is 8.78 Å².